The summed E-state index contributed by atoms with van der Waals surface area (Å²) in [4.78, 5) is 2.20. The van der Waals surface area contributed by atoms with Crippen LogP contribution in [0.4, 0.5) is 0 Å². The van der Waals surface area contributed by atoms with Crippen molar-refractivity contribution in [2.45, 2.75) is 102 Å². The van der Waals surface area contributed by atoms with E-state index in [-0.39, 0.29) is 12.1 Å². The van der Waals surface area contributed by atoms with E-state index >= 15 is 0 Å². The lowest BCUT2D eigenvalue weighted by Crippen LogP contribution is -2.47. The molecule has 0 aromatic rings. The van der Waals surface area contributed by atoms with Gasteiger partial charge in [-0.2, -0.15) is 0 Å². The highest BCUT2D eigenvalue weighted by Gasteiger charge is 2.44. The van der Waals surface area contributed by atoms with Crippen LogP contribution in [0.1, 0.15) is 78.1 Å². The van der Waals surface area contributed by atoms with Crippen LogP contribution in [0.2, 0.25) is 0 Å². The first-order valence-corrected chi connectivity index (χ1v) is 9.79. The number of unbranched alkanes of at least 4 members (excludes halogenated alkanes) is 7. The number of aliphatic hydroxyl groups excluding tert-OH is 2. The summed E-state index contributed by atoms with van der Waals surface area (Å²) in [6.07, 6.45) is 10.1. The molecule has 1 aliphatic carbocycles. The van der Waals surface area contributed by atoms with E-state index in [2.05, 4.69) is 25.8 Å². The van der Waals surface area contributed by atoms with Crippen LogP contribution in [0.5, 0.6) is 0 Å². The Morgan fingerprint density at radius 2 is 1.48 bits per heavy atom. The Kier molecular flexibility index (Phi) is 11.1. The van der Waals surface area contributed by atoms with E-state index in [0.29, 0.717) is 13.0 Å². The van der Waals surface area contributed by atoms with Crippen molar-refractivity contribution >= 4 is 0 Å². The molecular formula is C19H39NO3. The zero-order valence-corrected chi connectivity index (χ0v) is 15.5. The molecule has 0 bridgehead atoms. The van der Waals surface area contributed by atoms with Gasteiger partial charge in [0, 0.05) is 13.0 Å². The maximum atomic E-state index is 10.3. The number of likely N-dealkylation sites (N-methyl/N-ethyl adjacent to an activating group) is 1. The van der Waals surface area contributed by atoms with Gasteiger partial charge in [-0.15, -0.1) is 0 Å². The summed E-state index contributed by atoms with van der Waals surface area (Å²) in [6.45, 7) is 6.08. The lowest BCUT2D eigenvalue weighted by molar-refractivity contribution is -0.0589. The summed E-state index contributed by atoms with van der Waals surface area (Å²) < 4.78 is 5.96. The fourth-order valence-corrected chi connectivity index (χ4v) is 3.58. The molecule has 23 heavy (non-hydrogen) atoms. The molecule has 0 amide bonds. The van der Waals surface area contributed by atoms with Crippen LogP contribution in [0.25, 0.3) is 0 Å². The molecule has 4 nitrogen and oxygen atoms in total. The molecule has 0 spiro atoms. The van der Waals surface area contributed by atoms with Gasteiger partial charge in [-0.25, -0.2) is 0 Å². The molecule has 1 saturated carbocycles. The second kappa shape index (κ2) is 12.2. The summed E-state index contributed by atoms with van der Waals surface area (Å²) in [6, 6.07) is -0.0673. The first-order valence-electron chi connectivity index (χ1n) is 9.79. The largest absolute Gasteiger partial charge is 0.391 e. The minimum Gasteiger partial charge on any atom is -0.391 e. The first-order chi connectivity index (χ1) is 11.1. The molecule has 0 aliphatic heterocycles. The van der Waals surface area contributed by atoms with Gasteiger partial charge in [0.05, 0.1) is 18.2 Å². The van der Waals surface area contributed by atoms with E-state index in [1.54, 1.807) is 0 Å². The van der Waals surface area contributed by atoms with Crippen LogP contribution in [-0.2, 0) is 4.74 Å². The Morgan fingerprint density at radius 1 is 0.870 bits per heavy atom. The van der Waals surface area contributed by atoms with E-state index in [1.807, 2.05) is 0 Å². The quantitative estimate of drug-likeness (QED) is 0.509. The molecule has 4 heteroatoms. The Morgan fingerprint density at radius 3 is 2.13 bits per heavy atom. The van der Waals surface area contributed by atoms with Gasteiger partial charge in [-0.1, -0.05) is 58.8 Å². The van der Waals surface area contributed by atoms with Crippen LogP contribution in [0, 0.1) is 0 Å². The van der Waals surface area contributed by atoms with Crippen molar-refractivity contribution in [1.29, 1.82) is 0 Å². The van der Waals surface area contributed by atoms with Gasteiger partial charge < -0.3 is 14.9 Å². The van der Waals surface area contributed by atoms with Crippen LogP contribution in [-0.4, -0.2) is 59.7 Å². The number of hydrogen-bond donors (Lipinski definition) is 2. The minimum absolute atomic E-state index is 0.0673. The third kappa shape index (κ3) is 7.51. The van der Waals surface area contributed by atoms with E-state index in [4.69, 9.17) is 4.74 Å². The molecule has 1 fully saturated rings. The molecular weight excluding hydrogens is 290 g/mol. The van der Waals surface area contributed by atoms with Crippen LogP contribution in [0.3, 0.4) is 0 Å². The van der Waals surface area contributed by atoms with Gasteiger partial charge >= 0.3 is 0 Å². The van der Waals surface area contributed by atoms with Crippen molar-refractivity contribution < 1.29 is 14.9 Å². The maximum Gasteiger partial charge on any atom is 0.101 e. The lowest BCUT2D eigenvalue weighted by Gasteiger charge is -2.32. The van der Waals surface area contributed by atoms with Gasteiger partial charge in [-0.3, -0.25) is 4.90 Å². The summed E-state index contributed by atoms with van der Waals surface area (Å²) >= 11 is 0. The molecule has 1 rings (SSSR count). The summed E-state index contributed by atoms with van der Waals surface area (Å²) in [5.74, 6) is 0. The van der Waals surface area contributed by atoms with Crippen molar-refractivity contribution in [1.82, 2.24) is 4.90 Å². The second-order valence-electron chi connectivity index (χ2n) is 7.15. The molecule has 0 saturated heterocycles. The predicted octanol–water partition coefficient (Wildman–Crippen LogP) is 3.35. The Hall–Kier alpha value is -0.160. The number of ether oxygens (including phenoxy) is 1. The third-order valence-corrected chi connectivity index (χ3v) is 5.02. The van der Waals surface area contributed by atoms with Crippen molar-refractivity contribution in [3.63, 3.8) is 0 Å². The van der Waals surface area contributed by atoms with Crippen LogP contribution >= 0.6 is 0 Å². The third-order valence-electron chi connectivity index (χ3n) is 5.02. The highest BCUT2D eigenvalue weighted by molar-refractivity contribution is 4.98. The smallest absolute Gasteiger partial charge is 0.101 e. The average Bonchev–Trinajstić information content (AvgIpc) is 2.80. The number of nitrogens with zero attached hydrogens (tertiary/aromatic N) is 1. The zero-order chi connectivity index (χ0) is 17.1. The van der Waals surface area contributed by atoms with Crippen LogP contribution in [0.15, 0.2) is 0 Å². The summed E-state index contributed by atoms with van der Waals surface area (Å²) in [5.41, 5.74) is 0. The normalized spacial score (nSPS) is 27.9. The molecule has 0 radical (unpaired) electrons. The van der Waals surface area contributed by atoms with Crippen molar-refractivity contribution in [3.8, 4) is 0 Å². The van der Waals surface area contributed by atoms with Gasteiger partial charge in [-0.05, 0) is 26.4 Å². The Balaban J connectivity index is 2.35. The zero-order valence-electron chi connectivity index (χ0n) is 15.5. The van der Waals surface area contributed by atoms with E-state index in [0.717, 1.165) is 19.4 Å². The summed E-state index contributed by atoms with van der Waals surface area (Å²) in [5, 5.41) is 20.5. The molecule has 1 aliphatic rings. The van der Waals surface area contributed by atoms with Gasteiger partial charge in [0.25, 0.3) is 0 Å². The fraction of sp³-hybridized carbons (Fsp3) is 1.00. The van der Waals surface area contributed by atoms with E-state index < -0.39 is 12.2 Å². The molecule has 0 heterocycles. The molecule has 138 valence electrons. The average molecular weight is 330 g/mol. The highest BCUT2D eigenvalue weighted by Crippen LogP contribution is 2.28. The van der Waals surface area contributed by atoms with Crippen molar-refractivity contribution in [2.75, 3.05) is 20.2 Å². The second-order valence-corrected chi connectivity index (χ2v) is 7.15. The first kappa shape index (κ1) is 20.9. The molecule has 0 unspecified atom stereocenters. The fourth-order valence-electron chi connectivity index (χ4n) is 3.58. The van der Waals surface area contributed by atoms with Gasteiger partial charge in [0.15, 0.2) is 0 Å². The number of aliphatic hydroxyl groups is 2. The van der Waals surface area contributed by atoms with Gasteiger partial charge in [0.1, 0.15) is 6.10 Å². The summed E-state index contributed by atoms with van der Waals surface area (Å²) in [7, 11) is 2.05. The number of rotatable bonds is 13. The monoisotopic (exact) mass is 329 g/mol. The Bertz CT molecular complexity index is 288. The number of hydrogen-bond acceptors (Lipinski definition) is 4. The van der Waals surface area contributed by atoms with E-state index in [9.17, 15) is 10.2 Å². The Labute approximate surface area is 143 Å². The molecule has 4 atom stereocenters. The topological polar surface area (TPSA) is 52.9 Å². The predicted molar refractivity (Wildman–Crippen MR) is 95.7 cm³/mol. The van der Waals surface area contributed by atoms with E-state index in [1.165, 1.54) is 44.9 Å². The SMILES string of the molecule is CCCCCCCN(C)[C@@H]1[C@@H](OCCCCCC)[C@@H](O)C[C@H]1O. The van der Waals surface area contributed by atoms with Crippen molar-refractivity contribution in [2.24, 2.45) is 0 Å². The lowest BCUT2D eigenvalue weighted by atomic mass is 10.1. The highest BCUT2D eigenvalue weighted by atomic mass is 16.5. The maximum absolute atomic E-state index is 10.3. The van der Waals surface area contributed by atoms with Crippen LogP contribution < -0.4 is 0 Å². The van der Waals surface area contributed by atoms with Crippen molar-refractivity contribution in [3.05, 3.63) is 0 Å². The molecule has 0 aromatic carbocycles. The van der Waals surface area contributed by atoms with Gasteiger partial charge in [0.2, 0.25) is 0 Å². The molecule has 0 aromatic heterocycles. The minimum atomic E-state index is -0.538. The molecule has 2 N–H and O–H groups in total. The standard InChI is InChI=1S/C19H39NO3/c1-4-6-8-10-11-13-20(3)18-16(21)15-17(22)19(18)23-14-12-9-7-5-2/h16-19,21-22H,4-15H2,1-3H3/t16-,17+,18+,19+/m1/s1.